The smallest absolute Gasteiger partial charge is 0.221 e. The molecule has 0 fully saturated rings. The lowest BCUT2D eigenvalue weighted by atomic mass is 10.2. The van der Waals surface area contributed by atoms with E-state index in [9.17, 15) is 9.90 Å². The third kappa shape index (κ3) is 2.13. The van der Waals surface area contributed by atoms with Crippen LogP contribution in [0.2, 0.25) is 0 Å². The number of rotatable bonds is 2. The van der Waals surface area contributed by atoms with Crippen LogP contribution in [0.25, 0.3) is 27.4 Å². The lowest BCUT2D eigenvalue weighted by Gasteiger charge is -2.06. The Hall–Kier alpha value is -3.21. The van der Waals surface area contributed by atoms with E-state index in [0.29, 0.717) is 11.1 Å². The van der Waals surface area contributed by atoms with E-state index < -0.39 is 0 Å². The Morgan fingerprint density at radius 3 is 2.75 bits per heavy atom. The van der Waals surface area contributed by atoms with Crippen LogP contribution in [0.15, 0.2) is 54.9 Å². The molecule has 1 amide bonds. The van der Waals surface area contributed by atoms with Gasteiger partial charge in [0.1, 0.15) is 0 Å². The molecule has 0 atom stereocenters. The first-order valence-corrected chi connectivity index (χ1v) is 7.70. The Bertz CT molecular complexity index is 1090. The van der Waals surface area contributed by atoms with Crippen molar-refractivity contribution in [2.45, 2.75) is 6.92 Å². The monoisotopic (exact) mass is 319 g/mol. The summed E-state index contributed by atoms with van der Waals surface area (Å²) in [6.45, 7) is 1.47. The fourth-order valence-corrected chi connectivity index (χ4v) is 3.12. The van der Waals surface area contributed by atoms with Gasteiger partial charge in [-0.25, -0.2) is 0 Å². The first-order chi connectivity index (χ1) is 11.5. The summed E-state index contributed by atoms with van der Waals surface area (Å²) in [7, 11) is 1.99. The van der Waals surface area contributed by atoms with Crippen molar-refractivity contribution in [3.05, 3.63) is 54.9 Å². The Morgan fingerprint density at radius 2 is 1.96 bits per heavy atom. The number of amides is 1. The summed E-state index contributed by atoms with van der Waals surface area (Å²) in [4.78, 5) is 11.4. The summed E-state index contributed by atoms with van der Waals surface area (Å²) in [5, 5.41) is 16.1. The first-order valence-electron chi connectivity index (χ1n) is 7.70. The third-order valence-corrected chi connectivity index (χ3v) is 4.29. The second-order valence-corrected chi connectivity index (χ2v) is 5.94. The summed E-state index contributed by atoms with van der Waals surface area (Å²) < 4.78 is 3.78. The molecule has 24 heavy (non-hydrogen) atoms. The van der Waals surface area contributed by atoms with E-state index in [2.05, 4.69) is 11.4 Å². The van der Waals surface area contributed by atoms with Crippen LogP contribution in [0.4, 0.5) is 5.69 Å². The molecule has 5 nitrogen and oxygen atoms in total. The zero-order valence-electron chi connectivity index (χ0n) is 13.4. The maximum Gasteiger partial charge on any atom is 0.221 e. The van der Waals surface area contributed by atoms with Gasteiger partial charge >= 0.3 is 0 Å². The molecule has 2 aromatic heterocycles. The fourth-order valence-electron chi connectivity index (χ4n) is 3.12. The molecule has 4 aromatic rings. The summed E-state index contributed by atoms with van der Waals surface area (Å²) >= 11 is 0. The Morgan fingerprint density at radius 1 is 1.12 bits per heavy atom. The number of hydrogen-bond acceptors (Lipinski definition) is 2. The number of carbonyl (C=O) groups is 1. The normalized spacial score (nSPS) is 11.2. The summed E-state index contributed by atoms with van der Waals surface area (Å²) in [5.41, 5.74) is 2.65. The van der Waals surface area contributed by atoms with Crippen LogP contribution in [-0.2, 0) is 11.8 Å². The van der Waals surface area contributed by atoms with Crippen molar-refractivity contribution >= 4 is 33.3 Å². The number of benzene rings is 2. The van der Waals surface area contributed by atoms with Crippen LogP contribution >= 0.6 is 0 Å². The number of aromatic hydroxyl groups is 1. The lowest BCUT2D eigenvalue weighted by Crippen LogP contribution is -2.05. The van der Waals surface area contributed by atoms with Crippen molar-refractivity contribution in [1.29, 1.82) is 0 Å². The highest BCUT2D eigenvalue weighted by molar-refractivity contribution is 6.03. The summed E-state index contributed by atoms with van der Waals surface area (Å²) in [5.74, 6) is 0.0192. The topological polar surface area (TPSA) is 59.2 Å². The maximum atomic E-state index is 11.4. The second-order valence-electron chi connectivity index (χ2n) is 5.94. The van der Waals surface area contributed by atoms with E-state index in [0.717, 1.165) is 22.0 Å². The highest BCUT2D eigenvalue weighted by atomic mass is 16.3. The van der Waals surface area contributed by atoms with Crippen molar-refractivity contribution in [1.82, 2.24) is 9.13 Å². The molecular formula is C19H17N3O2. The van der Waals surface area contributed by atoms with E-state index in [4.69, 9.17) is 0 Å². The van der Waals surface area contributed by atoms with Gasteiger partial charge in [-0.15, -0.1) is 0 Å². The largest absolute Gasteiger partial charge is 0.494 e. The summed E-state index contributed by atoms with van der Waals surface area (Å²) in [6, 6.07) is 13.6. The van der Waals surface area contributed by atoms with E-state index in [1.54, 1.807) is 4.57 Å². The fraction of sp³-hybridized carbons (Fsp3) is 0.105. The number of nitrogens with one attached hydrogen (secondary N) is 1. The van der Waals surface area contributed by atoms with Crippen LogP contribution in [0, 0.1) is 0 Å². The van der Waals surface area contributed by atoms with Crippen molar-refractivity contribution in [3.8, 4) is 11.6 Å². The number of aromatic nitrogens is 2. The highest BCUT2D eigenvalue weighted by Crippen LogP contribution is 2.35. The van der Waals surface area contributed by atoms with Crippen LogP contribution in [0.5, 0.6) is 5.88 Å². The van der Waals surface area contributed by atoms with Crippen LogP contribution in [0.1, 0.15) is 6.92 Å². The SMILES string of the molecule is CC(=O)Nc1cccc2c(O)n(-c3ccc4ccn(C)c4c3)cc12. The Kier molecular flexibility index (Phi) is 3.09. The molecule has 0 aliphatic heterocycles. The molecule has 2 aromatic carbocycles. The molecule has 0 radical (unpaired) electrons. The average Bonchev–Trinajstić information content (AvgIpc) is 3.09. The predicted octanol–water partition coefficient (Wildman–Crippen LogP) is 3.79. The lowest BCUT2D eigenvalue weighted by molar-refractivity contribution is -0.114. The van der Waals surface area contributed by atoms with Crippen LogP contribution in [-0.4, -0.2) is 20.1 Å². The number of carbonyl (C=O) groups excluding carboxylic acids is 1. The standard InChI is InChI=1S/C19H17N3O2/c1-12(23)20-17-5-3-4-15-16(17)11-22(19(15)24)14-7-6-13-8-9-21(2)18(13)10-14/h3-11,24H,1-2H3,(H,20,23). The molecule has 2 N–H and O–H groups in total. The van der Waals surface area contributed by atoms with Gasteiger partial charge in [0.25, 0.3) is 0 Å². The zero-order chi connectivity index (χ0) is 16.8. The average molecular weight is 319 g/mol. The first kappa shape index (κ1) is 14.4. The number of hydrogen-bond donors (Lipinski definition) is 2. The molecule has 0 spiro atoms. The Balaban J connectivity index is 1.93. The van der Waals surface area contributed by atoms with Gasteiger partial charge in [0.15, 0.2) is 0 Å². The molecular weight excluding hydrogens is 302 g/mol. The molecule has 0 aliphatic rings. The van der Waals surface area contributed by atoms with Crippen LogP contribution in [0.3, 0.4) is 0 Å². The maximum absolute atomic E-state index is 11.4. The van der Waals surface area contributed by atoms with Gasteiger partial charge in [-0.05, 0) is 35.7 Å². The minimum Gasteiger partial charge on any atom is -0.494 e. The van der Waals surface area contributed by atoms with Gasteiger partial charge in [0.2, 0.25) is 11.8 Å². The summed E-state index contributed by atoms with van der Waals surface area (Å²) in [6.07, 6.45) is 3.86. The van der Waals surface area contributed by atoms with Gasteiger partial charge < -0.3 is 15.0 Å². The molecule has 0 saturated carbocycles. The third-order valence-electron chi connectivity index (χ3n) is 4.29. The molecule has 120 valence electrons. The van der Waals surface area contributed by atoms with Gasteiger partial charge in [-0.3, -0.25) is 9.36 Å². The van der Waals surface area contributed by atoms with Crippen molar-refractivity contribution in [3.63, 3.8) is 0 Å². The van der Waals surface area contributed by atoms with Crippen molar-refractivity contribution in [2.75, 3.05) is 5.32 Å². The van der Waals surface area contributed by atoms with E-state index in [-0.39, 0.29) is 11.8 Å². The second kappa shape index (κ2) is 5.16. The quantitative estimate of drug-likeness (QED) is 0.590. The zero-order valence-corrected chi connectivity index (χ0v) is 13.4. The molecule has 0 unspecified atom stereocenters. The van der Waals surface area contributed by atoms with Gasteiger partial charge in [0.05, 0.1) is 11.4 Å². The molecule has 2 heterocycles. The minimum atomic E-state index is -0.139. The minimum absolute atomic E-state index is 0.139. The van der Waals surface area contributed by atoms with Crippen LogP contribution < -0.4 is 5.32 Å². The van der Waals surface area contributed by atoms with Gasteiger partial charge in [-0.2, -0.15) is 0 Å². The number of fused-ring (bicyclic) bond motifs is 2. The number of nitrogens with zero attached hydrogens (tertiary/aromatic N) is 2. The molecule has 0 saturated heterocycles. The number of aryl methyl sites for hydroxylation is 1. The Labute approximate surface area is 138 Å². The number of anilines is 1. The van der Waals surface area contributed by atoms with E-state index in [1.807, 2.05) is 60.4 Å². The highest BCUT2D eigenvalue weighted by Gasteiger charge is 2.13. The van der Waals surface area contributed by atoms with Crippen molar-refractivity contribution < 1.29 is 9.90 Å². The van der Waals surface area contributed by atoms with E-state index in [1.165, 1.54) is 6.92 Å². The van der Waals surface area contributed by atoms with Gasteiger partial charge in [0, 0.05) is 42.7 Å². The molecule has 4 rings (SSSR count). The van der Waals surface area contributed by atoms with Gasteiger partial charge in [-0.1, -0.05) is 12.1 Å². The van der Waals surface area contributed by atoms with E-state index >= 15 is 0 Å². The molecule has 0 aliphatic carbocycles. The molecule has 5 heteroatoms. The molecule has 0 bridgehead atoms. The predicted molar refractivity (Wildman–Crippen MR) is 95.7 cm³/mol. The van der Waals surface area contributed by atoms with Crippen molar-refractivity contribution in [2.24, 2.45) is 7.05 Å².